The number of aromatic hydroxyl groups is 1. The Morgan fingerprint density at radius 3 is 2.25 bits per heavy atom. The minimum atomic E-state index is -1.21. The summed E-state index contributed by atoms with van der Waals surface area (Å²) in [5.41, 5.74) is 2.18. The van der Waals surface area contributed by atoms with Crippen LogP contribution in [-0.4, -0.2) is 5.11 Å². The maximum atomic E-state index is 13.5. The van der Waals surface area contributed by atoms with Crippen LogP contribution in [0, 0.1) is 31.3 Å². The van der Waals surface area contributed by atoms with E-state index < -0.39 is 17.5 Å². The van der Waals surface area contributed by atoms with Gasteiger partial charge in [-0.1, -0.05) is 0 Å². The third-order valence-electron chi connectivity index (χ3n) is 3.10. The summed E-state index contributed by atoms with van der Waals surface area (Å²) < 4.78 is 39.4. The first-order valence-electron chi connectivity index (χ1n) is 6.06. The summed E-state index contributed by atoms with van der Waals surface area (Å²) in [6.45, 7) is 3.54. The summed E-state index contributed by atoms with van der Waals surface area (Å²) in [6, 6.07) is 4.66. The van der Waals surface area contributed by atoms with Crippen LogP contribution in [0.5, 0.6) is 5.75 Å². The predicted octanol–water partition coefficient (Wildman–Crippen LogP) is 4.04. The summed E-state index contributed by atoms with van der Waals surface area (Å²) in [5, 5.41) is 12.5. The number of nitrogens with one attached hydrogen (secondary N) is 1. The van der Waals surface area contributed by atoms with Crippen molar-refractivity contribution in [3.8, 4) is 5.75 Å². The fraction of sp³-hybridized carbons (Fsp3) is 0.200. The van der Waals surface area contributed by atoms with Gasteiger partial charge >= 0.3 is 0 Å². The van der Waals surface area contributed by atoms with E-state index >= 15 is 0 Å². The van der Waals surface area contributed by atoms with Gasteiger partial charge in [-0.2, -0.15) is 0 Å². The average molecular weight is 281 g/mol. The Morgan fingerprint density at radius 2 is 1.55 bits per heavy atom. The van der Waals surface area contributed by atoms with Crippen molar-refractivity contribution in [2.75, 3.05) is 5.32 Å². The predicted molar refractivity (Wildman–Crippen MR) is 71.2 cm³/mol. The normalized spacial score (nSPS) is 10.7. The Morgan fingerprint density at radius 1 is 0.900 bits per heavy atom. The van der Waals surface area contributed by atoms with Crippen LogP contribution in [0.1, 0.15) is 16.7 Å². The number of halogens is 3. The minimum Gasteiger partial charge on any atom is -0.508 e. The van der Waals surface area contributed by atoms with Crippen molar-refractivity contribution in [2.45, 2.75) is 20.4 Å². The van der Waals surface area contributed by atoms with Crippen molar-refractivity contribution in [1.29, 1.82) is 0 Å². The first kappa shape index (κ1) is 14.2. The van der Waals surface area contributed by atoms with E-state index in [1.165, 1.54) is 0 Å². The molecular weight excluding hydrogens is 267 g/mol. The van der Waals surface area contributed by atoms with E-state index in [0.29, 0.717) is 17.3 Å². The lowest BCUT2D eigenvalue weighted by Gasteiger charge is -2.12. The zero-order valence-electron chi connectivity index (χ0n) is 11.1. The highest BCUT2D eigenvalue weighted by molar-refractivity contribution is 5.56. The second-order valence-corrected chi connectivity index (χ2v) is 4.66. The van der Waals surface area contributed by atoms with E-state index in [-0.39, 0.29) is 17.9 Å². The fourth-order valence-corrected chi connectivity index (χ4v) is 1.88. The summed E-state index contributed by atoms with van der Waals surface area (Å²) in [6.07, 6.45) is 0. The minimum absolute atomic E-state index is 0.0219. The Kier molecular flexibility index (Phi) is 3.88. The third-order valence-corrected chi connectivity index (χ3v) is 3.10. The molecule has 2 N–H and O–H groups in total. The quantitative estimate of drug-likeness (QED) is 0.657. The van der Waals surface area contributed by atoms with Gasteiger partial charge in [0.1, 0.15) is 11.6 Å². The lowest BCUT2D eigenvalue weighted by Crippen LogP contribution is -2.05. The molecule has 0 fully saturated rings. The van der Waals surface area contributed by atoms with Crippen molar-refractivity contribution >= 4 is 5.69 Å². The van der Waals surface area contributed by atoms with E-state index in [1.807, 2.05) is 0 Å². The Hall–Kier alpha value is -2.17. The van der Waals surface area contributed by atoms with Crippen LogP contribution in [0.3, 0.4) is 0 Å². The molecule has 5 heteroatoms. The van der Waals surface area contributed by atoms with Gasteiger partial charge in [0.25, 0.3) is 0 Å². The van der Waals surface area contributed by atoms with E-state index in [9.17, 15) is 18.3 Å². The average Bonchev–Trinajstić information content (AvgIpc) is 2.37. The molecule has 20 heavy (non-hydrogen) atoms. The SMILES string of the molecule is Cc1cc(NCc2cc(F)c(F)cc2F)c(C)cc1O. The number of benzene rings is 2. The van der Waals surface area contributed by atoms with Gasteiger partial charge in [-0.25, -0.2) is 13.2 Å². The molecule has 0 amide bonds. The Bertz CT molecular complexity index is 599. The highest BCUT2D eigenvalue weighted by Crippen LogP contribution is 2.25. The van der Waals surface area contributed by atoms with Gasteiger partial charge in [0, 0.05) is 23.9 Å². The largest absolute Gasteiger partial charge is 0.508 e. The first-order valence-corrected chi connectivity index (χ1v) is 6.06. The Balaban J connectivity index is 2.21. The van der Waals surface area contributed by atoms with E-state index in [1.54, 1.807) is 26.0 Å². The molecule has 0 aliphatic rings. The van der Waals surface area contributed by atoms with Crippen molar-refractivity contribution in [3.05, 3.63) is 58.4 Å². The number of phenolic OH excluding ortho intramolecular Hbond substituents is 1. The molecule has 2 aromatic carbocycles. The van der Waals surface area contributed by atoms with Crippen LogP contribution in [0.15, 0.2) is 24.3 Å². The fourth-order valence-electron chi connectivity index (χ4n) is 1.88. The van der Waals surface area contributed by atoms with Gasteiger partial charge in [-0.3, -0.25) is 0 Å². The van der Waals surface area contributed by atoms with Crippen molar-refractivity contribution < 1.29 is 18.3 Å². The van der Waals surface area contributed by atoms with Gasteiger partial charge in [0.05, 0.1) is 0 Å². The molecule has 0 aromatic heterocycles. The van der Waals surface area contributed by atoms with Crippen LogP contribution in [-0.2, 0) is 6.54 Å². The molecule has 0 saturated heterocycles. The molecule has 0 radical (unpaired) electrons. The number of phenols is 1. The van der Waals surface area contributed by atoms with Gasteiger partial charge in [0.15, 0.2) is 11.6 Å². The molecule has 0 aliphatic heterocycles. The van der Waals surface area contributed by atoms with E-state index in [0.717, 1.165) is 11.6 Å². The molecule has 0 unspecified atom stereocenters. The lowest BCUT2D eigenvalue weighted by atomic mass is 10.1. The topological polar surface area (TPSA) is 32.3 Å². The third kappa shape index (κ3) is 2.87. The van der Waals surface area contributed by atoms with E-state index in [4.69, 9.17) is 0 Å². The second-order valence-electron chi connectivity index (χ2n) is 4.66. The molecule has 2 rings (SSSR count). The number of hydrogen-bond donors (Lipinski definition) is 2. The smallest absolute Gasteiger partial charge is 0.161 e. The zero-order chi connectivity index (χ0) is 14.9. The summed E-state index contributed by atoms with van der Waals surface area (Å²) >= 11 is 0. The molecule has 0 saturated carbocycles. The van der Waals surface area contributed by atoms with Crippen LogP contribution >= 0.6 is 0 Å². The van der Waals surface area contributed by atoms with Crippen LogP contribution in [0.25, 0.3) is 0 Å². The summed E-state index contributed by atoms with van der Waals surface area (Å²) in [5.74, 6) is -2.92. The molecule has 0 heterocycles. The number of hydrogen-bond acceptors (Lipinski definition) is 2. The van der Waals surface area contributed by atoms with E-state index in [2.05, 4.69) is 5.32 Å². The maximum absolute atomic E-state index is 13.5. The molecule has 106 valence electrons. The Labute approximate surface area is 114 Å². The molecule has 0 aliphatic carbocycles. The molecular formula is C15H14F3NO. The number of rotatable bonds is 3. The molecule has 0 spiro atoms. The van der Waals surface area contributed by atoms with Gasteiger partial charge < -0.3 is 10.4 Å². The lowest BCUT2D eigenvalue weighted by molar-refractivity contribution is 0.471. The first-order chi connectivity index (χ1) is 9.38. The monoisotopic (exact) mass is 281 g/mol. The second kappa shape index (κ2) is 5.45. The number of aryl methyl sites for hydroxylation is 2. The zero-order valence-corrected chi connectivity index (χ0v) is 11.1. The number of anilines is 1. The molecule has 0 atom stereocenters. The van der Waals surface area contributed by atoms with Gasteiger partial charge in [0.2, 0.25) is 0 Å². The molecule has 0 bridgehead atoms. The van der Waals surface area contributed by atoms with Crippen LogP contribution in [0.2, 0.25) is 0 Å². The molecule has 2 nitrogen and oxygen atoms in total. The summed E-state index contributed by atoms with van der Waals surface area (Å²) in [7, 11) is 0. The van der Waals surface area contributed by atoms with Crippen molar-refractivity contribution in [3.63, 3.8) is 0 Å². The van der Waals surface area contributed by atoms with Crippen molar-refractivity contribution in [2.24, 2.45) is 0 Å². The highest BCUT2D eigenvalue weighted by Gasteiger charge is 2.10. The van der Waals surface area contributed by atoms with Crippen molar-refractivity contribution in [1.82, 2.24) is 0 Å². The van der Waals surface area contributed by atoms with Crippen LogP contribution in [0.4, 0.5) is 18.9 Å². The van der Waals surface area contributed by atoms with Crippen LogP contribution < -0.4 is 5.32 Å². The van der Waals surface area contributed by atoms with Gasteiger partial charge in [-0.15, -0.1) is 0 Å². The van der Waals surface area contributed by atoms with Gasteiger partial charge in [-0.05, 0) is 43.2 Å². The standard InChI is InChI=1S/C15H14F3NO/c1-8-4-15(20)9(2)3-14(8)19-7-10-5-12(17)13(18)6-11(10)16/h3-6,19-20H,7H2,1-2H3. The maximum Gasteiger partial charge on any atom is 0.161 e. The summed E-state index contributed by atoms with van der Waals surface area (Å²) in [4.78, 5) is 0. The highest BCUT2D eigenvalue weighted by atomic mass is 19.2. The molecule has 2 aromatic rings.